The van der Waals surface area contributed by atoms with Crippen molar-refractivity contribution in [1.82, 2.24) is 30.6 Å². The maximum absolute atomic E-state index is 13.7. The van der Waals surface area contributed by atoms with Gasteiger partial charge in [-0.25, -0.2) is 14.4 Å². The highest BCUT2D eigenvalue weighted by Crippen LogP contribution is 2.34. The largest absolute Gasteiger partial charge is 0.423 e. The fourth-order valence-corrected chi connectivity index (χ4v) is 4.21. The molecule has 178 valence electrons. The van der Waals surface area contributed by atoms with Gasteiger partial charge in [-0.3, -0.25) is 10.2 Å². The minimum absolute atomic E-state index is 0.154. The van der Waals surface area contributed by atoms with Crippen LogP contribution in [0.15, 0.2) is 82.0 Å². The number of aromatic nitrogens is 6. The molecule has 1 aliphatic heterocycles. The molecule has 10 nitrogen and oxygen atoms in total. The number of tetrazole rings is 1. The monoisotopic (exact) mass is 501 g/mol. The number of guanidine groups is 1. The van der Waals surface area contributed by atoms with Crippen LogP contribution in [-0.2, 0) is 0 Å². The number of hydrogen-bond donors (Lipinski definition) is 2. The number of anilines is 2. The Morgan fingerprint density at radius 3 is 2.86 bits per heavy atom. The Bertz CT molecular complexity index is 1630. The van der Waals surface area contributed by atoms with E-state index in [1.807, 2.05) is 48.2 Å². The van der Waals surface area contributed by atoms with E-state index < -0.39 is 5.82 Å². The number of pyridine rings is 1. The molecule has 2 aromatic carbocycles. The first-order chi connectivity index (χ1) is 17.5. The van der Waals surface area contributed by atoms with Gasteiger partial charge in [0.2, 0.25) is 11.8 Å². The van der Waals surface area contributed by atoms with Crippen molar-refractivity contribution in [1.29, 1.82) is 0 Å². The fraction of sp³-hybridized carbons (Fsp3) is 0.0833. The summed E-state index contributed by atoms with van der Waals surface area (Å²) in [6.07, 6.45) is 3.63. The number of rotatable bonds is 4. The Morgan fingerprint density at radius 2 is 2.03 bits per heavy atom. The van der Waals surface area contributed by atoms with Gasteiger partial charge in [0.1, 0.15) is 23.2 Å². The van der Waals surface area contributed by atoms with Crippen LogP contribution in [0.3, 0.4) is 0 Å². The predicted molar refractivity (Wildman–Crippen MR) is 133 cm³/mol. The van der Waals surface area contributed by atoms with E-state index in [1.165, 1.54) is 12.1 Å². The summed E-state index contributed by atoms with van der Waals surface area (Å²) in [6.45, 7) is 1.93. The third-order valence-corrected chi connectivity index (χ3v) is 5.94. The van der Waals surface area contributed by atoms with Gasteiger partial charge in [-0.05, 0) is 54.1 Å². The molecule has 12 heteroatoms. The molecule has 36 heavy (non-hydrogen) atoms. The Kier molecular flexibility index (Phi) is 5.38. The van der Waals surface area contributed by atoms with E-state index in [0.29, 0.717) is 39.3 Å². The molecule has 1 aliphatic rings. The van der Waals surface area contributed by atoms with Crippen LogP contribution in [0.5, 0.6) is 0 Å². The second kappa shape index (κ2) is 8.86. The Hall–Kier alpha value is -4.64. The number of allylic oxidation sites excluding steroid dienone is 1. The molecule has 2 N–H and O–H groups in total. The molecule has 1 atom stereocenters. The summed E-state index contributed by atoms with van der Waals surface area (Å²) < 4.78 is 19.4. The molecule has 0 amide bonds. The summed E-state index contributed by atoms with van der Waals surface area (Å²) in [5.41, 5.74) is 3.20. The van der Waals surface area contributed by atoms with Crippen molar-refractivity contribution in [3.63, 3.8) is 0 Å². The number of halogens is 2. The van der Waals surface area contributed by atoms with Gasteiger partial charge in [-0.1, -0.05) is 29.8 Å². The minimum atomic E-state index is -0.415. The third kappa shape index (κ3) is 4.05. The standard InChI is InChI=1S/C24H17ClFN9O/c1-13-10-19(16-4-2-3-5-17(16)25)28-23(30-24-29-18-7-6-15(26)12-20(18)36-24)35(13)21-11-14(8-9-27-21)22-31-33-34-32-22/h2-12,19H,1H3,(H,28,29,30)(H,31,32,33,34). The van der Waals surface area contributed by atoms with Crippen molar-refractivity contribution >= 4 is 40.5 Å². The molecular formula is C24H17ClFN9O. The van der Waals surface area contributed by atoms with Crippen molar-refractivity contribution in [3.05, 3.63) is 89.0 Å². The van der Waals surface area contributed by atoms with Gasteiger partial charge in [0.05, 0.1) is 0 Å². The van der Waals surface area contributed by atoms with E-state index in [1.54, 1.807) is 18.3 Å². The van der Waals surface area contributed by atoms with Crippen LogP contribution in [0.25, 0.3) is 22.5 Å². The molecule has 1 unspecified atom stereocenters. The third-order valence-electron chi connectivity index (χ3n) is 5.60. The van der Waals surface area contributed by atoms with Crippen molar-refractivity contribution in [2.24, 2.45) is 4.99 Å². The number of nitrogens with zero attached hydrogens (tertiary/aromatic N) is 7. The molecule has 0 spiro atoms. The first-order valence-corrected chi connectivity index (χ1v) is 11.3. The van der Waals surface area contributed by atoms with Gasteiger partial charge in [0.15, 0.2) is 5.58 Å². The molecule has 0 aliphatic carbocycles. The topological polar surface area (TPSA) is 121 Å². The summed E-state index contributed by atoms with van der Waals surface area (Å²) in [4.78, 5) is 15.7. The molecular weight excluding hydrogens is 485 g/mol. The summed E-state index contributed by atoms with van der Waals surface area (Å²) in [6, 6.07) is 15.0. The number of hydrogen-bond acceptors (Lipinski definition) is 9. The number of fused-ring (bicyclic) bond motifs is 1. The molecule has 3 aromatic heterocycles. The van der Waals surface area contributed by atoms with Crippen molar-refractivity contribution in [3.8, 4) is 11.4 Å². The van der Waals surface area contributed by atoms with Gasteiger partial charge in [-0.2, -0.15) is 10.2 Å². The van der Waals surface area contributed by atoms with Crippen LogP contribution in [0.1, 0.15) is 18.5 Å². The summed E-state index contributed by atoms with van der Waals surface area (Å²) in [7, 11) is 0. The van der Waals surface area contributed by atoms with E-state index >= 15 is 0 Å². The van der Waals surface area contributed by atoms with Crippen molar-refractivity contribution < 1.29 is 8.81 Å². The SMILES string of the molecule is CC1=CC(c2ccccc2Cl)N=C(Nc2nc3ccc(F)cc3o2)N1c1cc(-c2nn[nH]n2)ccn1. The maximum Gasteiger partial charge on any atom is 0.302 e. The lowest BCUT2D eigenvalue weighted by Crippen LogP contribution is -2.38. The molecule has 0 saturated carbocycles. The van der Waals surface area contributed by atoms with Crippen LogP contribution in [0.2, 0.25) is 5.02 Å². The van der Waals surface area contributed by atoms with E-state index in [-0.39, 0.29) is 12.1 Å². The lowest BCUT2D eigenvalue weighted by atomic mass is 10.0. The van der Waals surface area contributed by atoms with Gasteiger partial charge in [-0.15, -0.1) is 10.2 Å². The zero-order valence-electron chi connectivity index (χ0n) is 18.7. The number of aromatic amines is 1. The lowest BCUT2D eigenvalue weighted by molar-refractivity contribution is 0.604. The summed E-state index contributed by atoms with van der Waals surface area (Å²) in [5, 5.41) is 17.9. The number of H-pyrrole nitrogens is 1. The molecule has 0 fully saturated rings. The average Bonchev–Trinajstić information content (AvgIpc) is 3.54. The molecule has 5 aromatic rings. The Morgan fingerprint density at radius 1 is 1.14 bits per heavy atom. The highest BCUT2D eigenvalue weighted by molar-refractivity contribution is 6.31. The second-order valence-electron chi connectivity index (χ2n) is 7.96. The van der Waals surface area contributed by atoms with Gasteiger partial charge in [0.25, 0.3) is 0 Å². The highest BCUT2D eigenvalue weighted by atomic mass is 35.5. The molecule has 0 saturated heterocycles. The van der Waals surface area contributed by atoms with Crippen LogP contribution >= 0.6 is 11.6 Å². The zero-order valence-corrected chi connectivity index (χ0v) is 19.5. The van der Waals surface area contributed by atoms with Crippen LogP contribution in [0.4, 0.5) is 16.2 Å². The molecule has 0 bridgehead atoms. The van der Waals surface area contributed by atoms with E-state index in [9.17, 15) is 4.39 Å². The van der Waals surface area contributed by atoms with Crippen molar-refractivity contribution in [2.75, 3.05) is 10.2 Å². The summed E-state index contributed by atoms with van der Waals surface area (Å²) >= 11 is 6.48. The number of benzene rings is 2. The van der Waals surface area contributed by atoms with Crippen LogP contribution < -0.4 is 10.2 Å². The quantitative estimate of drug-likeness (QED) is 0.347. The molecule has 4 heterocycles. The van der Waals surface area contributed by atoms with Gasteiger partial charge < -0.3 is 4.42 Å². The van der Waals surface area contributed by atoms with Crippen LogP contribution in [-0.4, -0.2) is 36.6 Å². The average molecular weight is 502 g/mol. The molecule has 6 rings (SSSR count). The van der Waals surface area contributed by atoms with Gasteiger partial charge in [0, 0.05) is 28.5 Å². The highest BCUT2D eigenvalue weighted by Gasteiger charge is 2.27. The smallest absolute Gasteiger partial charge is 0.302 e. The normalized spacial score (nSPS) is 15.6. The Balaban J connectivity index is 1.44. The van der Waals surface area contributed by atoms with Gasteiger partial charge >= 0.3 is 6.01 Å². The first kappa shape index (κ1) is 21.9. The maximum atomic E-state index is 13.7. The van der Waals surface area contributed by atoms with E-state index in [4.69, 9.17) is 21.0 Å². The summed E-state index contributed by atoms with van der Waals surface area (Å²) in [5.74, 6) is 0.960. The number of aliphatic imine (C=N–C) groups is 1. The molecule has 0 radical (unpaired) electrons. The zero-order chi connectivity index (χ0) is 24.6. The second-order valence-corrected chi connectivity index (χ2v) is 8.36. The lowest BCUT2D eigenvalue weighted by Gasteiger charge is -2.31. The van der Waals surface area contributed by atoms with Crippen LogP contribution in [0, 0.1) is 5.82 Å². The van der Waals surface area contributed by atoms with E-state index in [2.05, 4.69) is 35.9 Å². The van der Waals surface area contributed by atoms with E-state index in [0.717, 1.165) is 11.3 Å². The number of oxazole rings is 1. The number of nitrogens with one attached hydrogen (secondary N) is 2. The predicted octanol–water partition coefficient (Wildman–Crippen LogP) is 5.13. The fourth-order valence-electron chi connectivity index (χ4n) is 3.96. The first-order valence-electron chi connectivity index (χ1n) is 10.9. The Labute approximate surface area is 208 Å². The minimum Gasteiger partial charge on any atom is -0.423 e. The van der Waals surface area contributed by atoms with Crippen molar-refractivity contribution in [2.45, 2.75) is 13.0 Å².